The number of nitriles is 2. The molecule has 0 saturated carbocycles. The fourth-order valence-electron chi connectivity index (χ4n) is 4.51. The largest absolute Gasteiger partial charge is 0.463 e. The molecule has 0 N–H and O–H groups in total. The number of ether oxygens (including phenoxy) is 5. The van der Waals surface area contributed by atoms with Crippen LogP contribution in [-0.2, 0) is 39.8 Å². The lowest BCUT2D eigenvalue weighted by molar-refractivity contribution is -0.145. The molecule has 2 aromatic carbocycles. The summed E-state index contributed by atoms with van der Waals surface area (Å²) in [5.41, 5.74) is 4.82. The number of rotatable bonds is 24. The summed E-state index contributed by atoms with van der Waals surface area (Å²) in [5, 5.41) is 28.0. The molecule has 0 aliphatic rings. The second kappa shape index (κ2) is 23.0. The molecule has 0 spiro atoms. The van der Waals surface area contributed by atoms with E-state index in [-0.39, 0.29) is 19.0 Å². The van der Waals surface area contributed by atoms with Gasteiger partial charge < -0.3 is 33.4 Å². The number of carbonyl (C=O) groups excluding carboxylic acids is 2. The Hall–Kier alpha value is -4.50. The van der Waals surface area contributed by atoms with Gasteiger partial charge in [-0.3, -0.25) is 4.79 Å². The first-order valence-corrected chi connectivity index (χ1v) is 16.9. The summed E-state index contributed by atoms with van der Waals surface area (Å²) in [4.78, 5) is 24.4. The normalized spacial score (nSPS) is 10.9. The van der Waals surface area contributed by atoms with Gasteiger partial charge in [-0.1, -0.05) is 30.3 Å². The number of azo groups is 1. The minimum absolute atomic E-state index is 0.180. The molecular formula is C36H43N5O7S. The van der Waals surface area contributed by atoms with Gasteiger partial charge in [-0.25, -0.2) is 0 Å². The molecule has 0 saturated heterocycles. The molecule has 49 heavy (non-hydrogen) atoms. The fourth-order valence-corrected chi connectivity index (χ4v) is 5.39. The molecule has 0 unspecified atom stereocenters. The van der Waals surface area contributed by atoms with Crippen LogP contribution < -0.4 is 4.90 Å². The Bertz CT molecular complexity index is 1570. The molecule has 0 fully saturated rings. The Kier molecular flexibility index (Phi) is 18.2. The highest BCUT2D eigenvalue weighted by Gasteiger charge is 2.15. The summed E-state index contributed by atoms with van der Waals surface area (Å²) >= 11 is 1.17. The van der Waals surface area contributed by atoms with Crippen LogP contribution in [0.2, 0.25) is 0 Å². The fraction of sp³-hybridized carbons (Fsp3) is 0.444. The summed E-state index contributed by atoms with van der Waals surface area (Å²) in [6.07, 6.45) is 1.88. The highest BCUT2D eigenvalue weighted by Crippen LogP contribution is 2.36. The first kappa shape index (κ1) is 38.9. The van der Waals surface area contributed by atoms with Gasteiger partial charge >= 0.3 is 5.97 Å². The highest BCUT2D eigenvalue weighted by atomic mass is 32.1. The van der Waals surface area contributed by atoms with E-state index < -0.39 is 0 Å². The van der Waals surface area contributed by atoms with Crippen LogP contribution >= 0.6 is 11.3 Å². The lowest BCUT2D eigenvalue weighted by Gasteiger charge is -2.25. The summed E-state index contributed by atoms with van der Waals surface area (Å²) in [7, 11) is 0. The maximum atomic E-state index is 11.4. The van der Waals surface area contributed by atoms with Crippen molar-refractivity contribution in [2.24, 2.45) is 10.2 Å². The van der Waals surface area contributed by atoms with Gasteiger partial charge in [0.2, 0.25) is 0 Å². The Morgan fingerprint density at radius 2 is 1.51 bits per heavy atom. The van der Waals surface area contributed by atoms with Gasteiger partial charge in [0.15, 0.2) is 5.00 Å². The number of aldehydes is 1. The van der Waals surface area contributed by atoms with Gasteiger partial charge in [-0.2, -0.15) is 10.5 Å². The van der Waals surface area contributed by atoms with E-state index in [4.69, 9.17) is 23.7 Å². The molecule has 1 heterocycles. The number of benzene rings is 2. The average molecular weight is 690 g/mol. The predicted octanol–water partition coefficient (Wildman–Crippen LogP) is 6.51. The van der Waals surface area contributed by atoms with Crippen molar-refractivity contribution in [3.05, 3.63) is 75.7 Å². The minimum Gasteiger partial charge on any atom is -0.463 e. The van der Waals surface area contributed by atoms with Crippen molar-refractivity contribution < 1.29 is 33.3 Å². The van der Waals surface area contributed by atoms with Crippen molar-refractivity contribution >= 4 is 40.0 Å². The lowest BCUT2D eigenvalue weighted by Crippen LogP contribution is -2.27. The van der Waals surface area contributed by atoms with Crippen molar-refractivity contribution in [2.75, 3.05) is 70.9 Å². The van der Waals surface area contributed by atoms with Crippen molar-refractivity contribution in [3.8, 4) is 12.1 Å². The maximum Gasteiger partial charge on any atom is 0.305 e. The van der Waals surface area contributed by atoms with Crippen LogP contribution in [0.3, 0.4) is 0 Å². The Labute approximate surface area is 291 Å². The molecule has 0 amide bonds. The van der Waals surface area contributed by atoms with Crippen LogP contribution in [0.1, 0.15) is 46.4 Å². The third-order valence-corrected chi connectivity index (χ3v) is 8.25. The average Bonchev–Trinajstić information content (AvgIpc) is 3.43. The van der Waals surface area contributed by atoms with Crippen molar-refractivity contribution in [1.29, 1.82) is 10.5 Å². The van der Waals surface area contributed by atoms with Crippen molar-refractivity contribution in [2.45, 2.75) is 39.7 Å². The first-order chi connectivity index (χ1) is 24.0. The zero-order valence-electron chi connectivity index (χ0n) is 28.1. The molecule has 0 bridgehead atoms. The predicted molar refractivity (Wildman–Crippen MR) is 185 cm³/mol. The second-order valence-electron chi connectivity index (χ2n) is 10.8. The molecule has 13 heteroatoms. The van der Waals surface area contributed by atoms with Crippen molar-refractivity contribution in [3.63, 3.8) is 0 Å². The summed E-state index contributed by atoms with van der Waals surface area (Å²) in [5.74, 6) is -0.326. The Morgan fingerprint density at radius 1 is 0.857 bits per heavy atom. The zero-order chi connectivity index (χ0) is 35.1. The molecule has 0 atom stereocenters. The van der Waals surface area contributed by atoms with Gasteiger partial charge in [0.25, 0.3) is 0 Å². The number of hydrogen-bond donors (Lipinski definition) is 0. The number of nitrogens with zero attached hydrogens (tertiary/aromatic N) is 5. The van der Waals surface area contributed by atoms with E-state index in [1.807, 2.05) is 37.3 Å². The summed E-state index contributed by atoms with van der Waals surface area (Å²) in [6.45, 7) is 8.63. The van der Waals surface area contributed by atoms with Crippen LogP contribution in [0.15, 0.2) is 58.8 Å². The molecule has 3 aromatic rings. The van der Waals surface area contributed by atoms with E-state index in [0.29, 0.717) is 105 Å². The van der Waals surface area contributed by atoms with Crippen molar-refractivity contribution in [1.82, 2.24) is 0 Å². The van der Waals surface area contributed by atoms with Crippen LogP contribution in [0.4, 0.5) is 16.4 Å². The monoisotopic (exact) mass is 689 g/mol. The SMILES string of the molecule is Cc1cc(N(CCOCCOCCOCCOCCOC(=O)CCCC=O)Cc2ccccc2)ccc1/N=N/c1sc(C#N)c(C)c1C#N. The van der Waals surface area contributed by atoms with Crippen LogP contribution in [0.25, 0.3) is 0 Å². The molecule has 3 rings (SSSR count). The first-order valence-electron chi connectivity index (χ1n) is 16.1. The van der Waals surface area contributed by atoms with E-state index in [9.17, 15) is 20.1 Å². The summed E-state index contributed by atoms with van der Waals surface area (Å²) in [6, 6.07) is 20.4. The highest BCUT2D eigenvalue weighted by molar-refractivity contribution is 7.16. The topological polar surface area (TPSA) is 156 Å². The van der Waals surface area contributed by atoms with Crippen LogP contribution in [0.5, 0.6) is 0 Å². The van der Waals surface area contributed by atoms with Gasteiger partial charge in [0.05, 0.1) is 64.1 Å². The number of carbonyl (C=O) groups is 2. The molecule has 260 valence electrons. The van der Waals surface area contributed by atoms with E-state index >= 15 is 0 Å². The number of unbranched alkanes of at least 4 members (excludes halogenated alkanes) is 1. The quantitative estimate of drug-likeness (QED) is 0.0440. The summed E-state index contributed by atoms with van der Waals surface area (Å²) < 4.78 is 27.4. The molecule has 0 radical (unpaired) electrons. The van der Waals surface area contributed by atoms with Gasteiger partial charge in [-0.15, -0.1) is 21.6 Å². The number of thiophene rings is 1. The van der Waals surface area contributed by atoms with Crippen LogP contribution in [0, 0.1) is 36.5 Å². The molecule has 0 aliphatic heterocycles. The Morgan fingerprint density at radius 3 is 2.12 bits per heavy atom. The Balaban J connectivity index is 1.36. The van der Waals surface area contributed by atoms with Gasteiger partial charge in [0, 0.05) is 31.6 Å². The van der Waals surface area contributed by atoms with Crippen LogP contribution in [-0.4, -0.2) is 78.3 Å². The van der Waals surface area contributed by atoms with E-state index in [2.05, 4.69) is 45.5 Å². The molecule has 0 aliphatic carbocycles. The number of anilines is 1. The van der Waals surface area contributed by atoms with E-state index in [0.717, 1.165) is 17.5 Å². The third-order valence-electron chi connectivity index (χ3n) is 7.17. The number of esters is 1. The molecular weight excluding hydrogens is 646 g/mol. The molecule has 1 aromatic heterocycles. The smallest absolute Gasteiger partial charge is 0.305 e. The minimum atomic E-state index is -0.326. The van der Waals surface area contributed by atoms with Gasteiger partial charge in [-0.05, 0) is 55.2 Å². The lowest BCUT2D eigenvalue weighted by atomic mass is 10.1. The second-order valence-corrected chi connectivity index (χ2v) is 11.8. The van der Waals surface area contributed by atoms with E-state index in [1.165, 1.54) is 16.9 Å². The molecule has 12 nitrogen and oxygen atoms in total. The van der Waals surface area contributed by atoms with Gasteiger partial charge in [0.1, 0.15) is 29.9 Å². The standard InChI is InChI=1S/C36H43N5O7S/c1-28-24-31(11-12-33(28)39-40-36-32(25-37)29(2)34(26-38)49-36)41(27-30-8-4-3-5-9-30)13-15-44-16-17-45-18-19-46-20-21-47-22-23-48-35(43)10-6-7-14-42/h3-5,8-9,11-12,14,24H,6-7,10,13,15-23,27H2,1-2H3/b40-39+. The third kappa shape index (κ3) is 14.3. The number of aryl methyl sites for hydroxylation is 1. The van der Waals surface area contributed by atoms with E-state index in [1.54, 1.807) is 6.92 Å². The number of hydrogen-bond acceptors (Lipinski definition) is 13. The maximum absolute atomic E-state index is 11.4. The zero-order valence-corrected chi connectivity index (χ0v) is 28.9.